The zero-order valence-corrected chi connectivity index (χ0v) is 14.6. The summed E-state index contributed by atoms with van der Waals surface area (Å²) in [5.41, 5.74) is 2.14. The SMILES string of the molecule is COc1cn(-c2ccccc2)nc1C(=O)N1CCSc2ccccc21. The van der Waals surface area contributed by atoms with Crippen molar-refractivity contribution in [1.82, 2.24) is 9.78 Å². The largest absolute Gasteiger partial charge is 0.493 e. The lowest BCUT2D eigenvalue weighted by atomic mass is 10.2. The van der Waals surface area contributed by atoms with Gasteiger partial charge < -0.3 is 9.64 Å². The van der Waals surface area contributed by atoms with Gasteiger partial charge in [-0.25, -0.2) is 4.68 Å². The number of aromatic nitrogens is 2. The Hall–Kier alpha value is -2.73. The molecule has 0 fully saturated rings. The number of hydrogen-bond donors (Lipinski definition) is 0. The minimum atomic E-state index is -0.140. The molecule has 3 aromatic rings. The summed E-state index contributed by atoms with van der Waals surface area (Å²) in [5, 5.41) is 4.49. The average Bonchev–Trinajstić information content (AvgIpc) is 3.12. The Morgan fingerprint density at radius 3 is 2.68 bits per heavy atom. The Balaban J connectivity index is 1.73. The zero-order valence-electron chi connectivity index (χ0n) is 13.8. The third-order valence-corrected chi connectivity index (χ3v) is 5.14. The van der Waals surface area contributed by atoms with E-state index >= 15 is 0 Å². The molecule has 25 heavy (non-hydrogen) atoms. The van der Waals surface area contributed by atoms with Gasteiger partial charge in [0.1, 0.15) is 0 Å². The molecule has 0 atom stereocenters. The summed E-state index contributed by atoms with van der Waals surface area (Å²) in [6, 6.07) is 17.6. The number of anilines is 1. The van der Waals surface area contributed by atoms with Crippen LogP contribution in [0, 0.1) is 0 Å². The van der Waals surface area contributed by atoms with E-state index in [1.807, 2.05) is 54.6 Å². The Labute approximate surface area is 150 Å². The molecule has 1 amide bonds. The van der Waals surface area contributed by atoms with E-state index in [-0.39, 0.29) is 5.91 Å². The minimum absolute atomic E-state index is 0.140. The molecule has 2 aromatic carbocycles. The van der Waals surface area contributed by atoms with Crippen LogP contribution in [0.3, 0.4) is 0 Å². The fourth-order valence-corrected chi connectivity index (χ4v) is 3.87. The van der Waals surface area contributed by atoms with Gasteiger partial charge in [-0.1, -0.05) is 30.3 Å². The van der Waals surface area contributed by atoms with Crippen LogP contribution in [0.1, 0.15) is 10.5 Å². The lowest BCUT2D eigenvalue weighted by molar-refractivity contribution is 0.0979. The Morgan fingerprint density at radius 1 is 1.12 bits per heavy atom. The highest BCUT2D eigenvalue weighted by molar-refractivity contribution is 7.99. The fraction of sp³-hybridized carbons (Fsp3) is 0.158. The first-order valence-electron chi connectivity index (χ1n) is 8.00. The Morgan fingerprint density at radius 2 is 1.88 bits per heavy atom. The molecule has 4 rings (SSSR count). The van der Waals surface area contributed by atoms with Gasteiger partial charge in [0.05, 0.1) is 24.7 Å². The van der Waals surface area contributed by atoms with Crippen molar-refractivity contribution in [2.45, 2.75) is 4.90 Å². The first kappa shape index (κ1) is 15.8. The maximum Gasteiger partial charge on any atom is 0.282 e. The van der Waals surface area contributed by atoms with Crippen molar-refractivity contribution in [2.24, 2.45) is 0 Å². The van der Waals surface area contributed by atoms with Crippen LogP contribution in [0.25, 0.3) is 5.69 Å². The fourth-order valence-electron chi connectivity index (χ4n) is 2.88. The molecule has 0 radical (unpaired) electrons. The number of thioether (sulfide) groups is 1. The van der Waals surface area contributed by atoms with Gasteiger partial charge in [0.25, 0.3) is 5.91 Å². The van der Waals surface area contributed by atoms with Crippen molar-refractivity contribution >= 4 is 23.4 Å². The topological polar surface area (TPSA) is 47.4 Å². The van der Waals surface area contributed by atoms with Crippen LogP contribution in [0.4, 0.5) is 5.69 Å². The number of para-hydroxylation sites is 2. The monoisotopic (exact) mass is 351 g/mol. The summed E-state index contributed by atoms with van der Waals surface area (Å²) in [6.45, 7) is 0.655. The quantitative estimate of drug-likeness (QED) is 0.723. The highest BCUT2D eigenvalue weighted by Crippen LogP contribution is 2.35. The standard InChI is InChI=1S/C19H17N3O2S/c1-24-16-13-22(14-7-3-2-4-8-14)20-18(16)19(23)21-11-12-25-17-10-6-5-9-15(17)21/h2-10,13H,11-12H2,1H3. The van der Waals surface area contributed by atoms with Crippen molar-refractivity contribution in [3.63, 3.8) is 0 Å². The highest BCUT2D eigenvalue weighted by Gasteiger charge is 2.28. The second-order valence-corrected chi connectivity index (χ2v) is 6.74. The summed E-state index contributed by atoms with van der Waals surface area (Å²) < 4.78 is 7.09. The maximum atomic E-state index is 13.1. The molecule has 1 aromatic heterocycles. The van der Waals surface area contributed by atoms with Crippen molar-refractivity contribution in [3.8, 4) is 11.4 Å². The number of carbonyl (C=O) groups excluding carboxylic acids is 1. The number of nitrogens with zero attached hydrogens (tertiary/aromatic N) is 3. The molecule has 126 valence electrons. The number of rotatable bonds is 3. The number of benzene rings is 2. The molecule has 2 heterocycles. The summed E-state index contributed by atoms with van der Waals surface area (Å²) in [4.78, 5) is 16.0. The van der Waals surface area contributed by atoms with Gasteiger partial charge in [-0.2, -0.15) is 5.10 Å². The van der Waals surface area contributed by atoms with Crippen molar-refractivity contribution in [2.75, 3.05) is 24.3 Å². The van der Waals surface area contributed by atoms with Crippen LogP contribution in [0.5, 0.6) is 5.75 Å². The van der Waals surface area contributed by atoms with Crippen LogP contribution < -0.4 is 9.64 Å². The average molecular weight is 351 g/mol. The smallest absolute Gasteiger partial charge is 0.282 e. The second kappa shape index (κ2) is 6.64. The van der Waals surface area contributed by atoms with E-state index in [1.54, 1.807) is 34.7 Å². The molecule has 6 heteroatoms. The van der Waals surface area contributed by atoms with Gasteiger partial charge in [-0.3, -0.25) is 4.79 Å². The number of methoxy groups -OCH3 is 1. The van der Waals surface area contributed by atoms with E-state index in [4.69, 9.17) is 4.74 Å². The van der Waals surface area contributed by atoms with Crippen LogP contribution in [0.15, 0.2) is 65.7 Å². The summed E-state index contributed by atoms with van der Waals surface area (Å²) in [7, 11) is 1.56. The van der Waals surface area contributed by atoms with Gasteiger partial charge >= 0.3 is 0 Å². The van der Waals surface area contributed by atoms with Crippen molar-refractivity contribution < 1.29 is 9.53 Å². The van der Waals surface area contributed by atoms with E-state index in [0.717, 1.165) is 22.0 Å². The zero-order chi connectivity index (χ0) is 17.2. The second-order valence-electron chi connectivity index (χ2n) is 5.60. The molecule has 0 aliphatic carbocycles. The molecular weight excluding hydrogens is 334 g/mol. The Bertz CT molecular complexity index is 908. The van der Waals surface area contributed by atoms with Crippen molar-refractivity contribution in [1.29, 1.82) is 0 Å². The van der Waals surface area contributed by atoms with E-state index in [2.05, 4.69) is 5.10 Å². The van der Waals surface area contributed by atoms with Gasteiger partial charge in [0.2, 0.25) is 0 Å². The van der Waals surface area contributed by atoms with Crippen LogP contribution >= 0.6 is 11.8 Å². The molecule has 1 aliphatic rings. The first-order chi connectivity index (χ1) is 12.3. The van der Waals surface area contributed by atoms with E-state index < -0.39 is 0 Å². The summed E-state index contributed by atoms with van der Waals surface area (Å²) in [5.74, 6) is 1.20. The van der Waals surface area contributed by atoms with Gasteiger partial charge in [0.15, 0.2) is 11.4 Å². The lowest BCUT2D eigenvalue weighted by Crippen LogP contribution is -2.35. The maximum absolute atomic E-state index is 13.1. The lowest BCUT2D eigenvalue weighted by Gasteiger charge is -2.28. The van der Waals surface area contributed by atoms with E-state index in [0.29, 0.717) is 18.0 Å². The number of hydrogen-bond acceptors (Lipinski definition) is 4. The molecule has 0 bridgehead atoms. The molecule has 0 saturated carbocycles. The van der Waals surface area contributed by atoms with Crippen LogP contribution in [-0.4, -0.2) is 35.1 Å². The third kappa shape index (κ3) is 2.89. The Kier molecular flexibility index (Phi) is 4.19. The van der Waals surface area contributed by atoms with Gasteiger partial charge in [-0.05, 0) is 24.3 Å². The molecular formula is C19H17N3O2S. The predicted molar refractivity (Wildman–Crippen MR) is 99.0 cm³/mol. The van der Waals surface area contributed by atoms with E-state index in [9.17, 15) is 4.79 Å². The number of carbonyl (C=O) groups is 1. The normalized spacial score (nSPS) is 13.4. The molecule has 0 N–H and O–H groups in total. The van der Waals surface area contributed by atoms with Gasteiger partial charge in [-0.15, -0.1) is 11.8 Å². The van der Waals surface area contributed by atoms with Crippen molar-refractivity contribution in [3.05, 3.63) is 66.5 Å². The first-order valence-corrected chi connectivity index (χ1v) is 8.99. The summed E-state index contributed by atoms with van der Waals surface area (Å²) >= 11 is 1.77. The number of fused-ring (bicyclic) bond motifs is 1. The van der Waals surface area contributed by atoms with Crippen LogP contribution in [0.2, 0.25) is 0 Å². The molecule has 0 spiro atoms. The number of ether oxygens (including phenoxy) is 1. The highest BCUT2D eigenvalue weighted by atomic mass is 32.2. The minimum Gasteiger partial charge on any atom is -0.493 e. The predicted octanol–water partition coefficient (Wildman–Crippen LogP) is 3.63. The molecule has 0 unspecified atom stereocenters. The summed E-state index contributed by atoms with van der Waals surface area (Å²) in [6.07, 6.45) is 1.74. The number of amides is 1. The molecule has 5 nitrogen and oxygen atoms in total. The third-order valence-electron chi connectivity index (χ3n) is 4.10. The van der Waals surface area contributed by atoms with E-state index in [1.165, 1.54) is 0 Å². The van der Waals surface area contributed by atoms with Gasteiger partial charge in [0, 0.05) is 17.2 Å². The van der Waals surface area contributed by atoms with Crippen LogP contribution in [-0.2, 0) is 0 Å². The molecule has 1 aliphatic heterocycles. The molecule has 0 saturated heterocycles.